The molecular formula is C9H24AuN4. The Morgan fingerprint density at radius 2 is 1.50 bits per heavy atom. The minimum atomic E-state index is -0.321. The van der Waals surface area contributed by atoms with E-state index < -0.39 is 0 Å². The molecule has 0 saturated heterocycles. The Balaban J connectivity index is 0. The Morgan fingerprint density at radius 1 is 1.14 bits per heavy atom. The summed E-state index contributed by atoms with van der Waals surface area (Å²) >= 11 is 0. The first kappa shape index (κ1) is 17.0. The SMILES string of the molecule is CC(N)CN.NC1(N)CCCCC1.[Au]. The van der Waals surface area contributed by atoms with E-state index in [0.29, 0.717) is 6.54 Å². The third-order valence-electron chi connectivity index (χ3n) is 2.16. The second-order valence-corrected chi connectivity index (χ2v) is 4.01. The summed E-state index contributed by atoms with van der Waals surface area (Å²) in [5.74, 6) is 0. The van der Waals surface area contributed by atoms with Crippen LogP contribution in [0.5, 0.6) is 0 Å². The molecule has 0 amide bonds. The molecule has 1 rings (SSSR count). The second kappa shape index (κ2) is 8.85. The molecule has 91 valence electrons. The van der Waals surface area contributed by atoms with E-state index in [1.807, 2.05) is 6.92 Å². The zero-order chi connectivity index (χ0) is 10.3. The van der Waals surface area contributed by atoms with Crippen molar-refractivity contribution in [3.05, 3.63) is 0 Å². The summed E-state index contributed by atoms with van der Waals surface area (Å²) in [7, 11) is 0. The van der Waals surface area contributed by atoms with E-state index in [1.54, 1.807) is 0 Å². The van der Waals surface area contributed by atoms with Gasteiger partial charge in [0.25, 0.3) is 0 Å². The normalized spacial score (nSPS) is 21.2. The van der Waals surface area contributed by atoms with Gasteiger partial charge in [0.15, 0.2) is 0 Å². The molecule has 0 spiro atoms. The molecule has 0 aromatic rings. The van der Waals surface area contributed by atoms with Crippen LogP contribution in [0.1, 0.15) is 39.0 Å². The second-order valence-electron chi connectivity index (χ2n) is 4.01. The molecule has 1 atom stereocenters. The summed E-state index contributed by atoms with van der Waals surface area (Å²) < 4.78 is 0. The molecule has 1 radical (unpaired) electrons. The fraction of sp³-hybridized carbons (Fsp3) is 1.00. The van der Waals surface area contributed by atoms with E-state index in [0.717, 1.165) is 12.8 Å². The average molecular weight is 385 g/mol. The van der Waals surface area contributed by atoms with Crippen molar-refractivity contribution in [2.24, 2.45) is 22.9 Å². The first-order chi connectivity index (χ1) is 5.98. The van der Waals surface area contributed by atoms with E-state index in [-0.39, 0.29) is 34.1 Å². The number of rotatable bonds is 1. The molecule has 0 aromatic heterocycles. The molecule has 1 fully saturated rings. The molecule has 0 heterocycles. The van der Waals surface area contributed by atoms with Crippen molar-refractivity contribution >= 4 is 0 Å². The van der Waals surface area contributed by atoms with Gasteiger partial charge in [0, 0.05) is 35.0 Å². The Hall–Kier alpha value is 0.580. The molecule has 1 unspecified atom stereocenters. The maximum Gasteiger partial charge on any atom is 0.0636 e. The van der Waals surface area contributed by atoms with E-state index in [2.05, 4.69) is 0 Å². The third kappa shape index (κ3) is 10.7. The number of hydrogen-bond acceptors (Lipinski definition) is 4. The zero-order valence-corrected chi connectivity index (χ0v) is 11.1. The predicted molar refractivity (Wildman–Crippen MR) is 56.9 cm³/mol. The van der Waals surface area contributed by atoms with Crippen molar-refractivity contribution < 1.29 is 22.4 Å². The summed E-state index contributed by atoms with van der Waals surface area (Å²) in [6, 6.07) is 0.162. The van der Waals surface area contributed by atoms with Crippen LogP contribution in [0, 0.1) is 0 Å². The van der Waals surface area contributed by atoms with Crippen LogP contribution in [-0.2, 0) is 22.4 Å². The number of hydrogen-bond donors (Lipinski definition) is 4. The molecule has 4 nitrogen and oxygen atoms in total. The Kier molecular flexibility index (Phi) is 10.7. The van der Waals surface area contributed by atoms with Gasteiger partial charge in [-0.1, -0.05) is 19.3 Å². The standard InChI is InChI=1S/C6H14N2.C3H10N2.Au/c7-6(8)4-2-1-3-5-6;1-3(5)2-4;/h1-5,7-8H2;3H,2,4-5H2,1H3;. The van der Waals surface area contributed by atoms with Gasteiger partial charge in [0.1, 0.15) is 0 Å². The molecule has 8 N–H and O–H groups in total. The maximum atomic E-state index is 5.66. The summed E-state index contributed by atoms with van der Waals surface area (Å²) in [6.45, 7) is 2.46. The Labute approximate surface area is 103 Å². The van der Waals surface area contributed by atoms with Crippen molar-refractivity contribution in [3.8, 4) is 0 Å². The van der Waals surface area contributed by atoms with Crippen LogP contribution in [0.2, 0.25) is 0 Å². The van der Waals surface area contributed by atoms with Crippen molar-refractivity contribution in [2.75, 3.05) is 6.54 Å². The van der Waals surface area contributed by atoms with Crippen LogP contribution in [-0.4, -0.2) is 18.2 Å². The Morgan fingerprint density at radius 3 is 1.64 bits per heavy atom. The monoisotopic (exact) mass is 385 g/mol. The van der Waals surface area contributed by atoms with Crippen LogP contribution in [0.4, 0.5) is 0 Å². The fourth-order valence-electron chi connectivity index (χ4n) is 1.21. The minimum Gasteiger partial charge on any atom is -0.329 e. The molecular weight excluding hydrogens is 361 g/mol. The molecule has 1 aliphatic rings. The molecule has 1 saturated carbocycles. The van der Waals surface area contributed by atoms with Crippen LogP contribution >= 0.6 is 0 Å². The molecule has 0 aliphatic heterocycles. The third-order valence-corrected chi connectivity index (χ3v) is 2.16. The zero-order valence-electron chi connectivity index (χ0n) is 8.93. The maximum absolute atomic E-state index is 5.66. The predicted octanol–water partition coefficient (Wildman–Crippen LogP) is -0.146. The van der Waals surface area contributed by atoms with Crippen LogP contribution in [0.3, 0.4) is 0 Å². The summed E-state index contributed by atoms with van der Waals surface area (Å²) in [5, 5.41) is 0. The topological polar surface area (TPSA) is 104 Å². The van der Waals surface area contributed by atoms with E-state index >= 15 is 0 Å². The van der Waals surface area contributed by atoms with Crippen molar-refractivity contribution in [1.82, 2.24) is 0 Å². The van der Waals surface area contributed by atoms with Crippen LogP contribution in [0.15, 0.2) is 0 Å². The molecule has 0 aromatic carbocycles. The molecule has 1 aliphatic carbocycles. The summed E-state index contributed by atoms with van der Waals surface area (Å²) in [6.07, 6.45) is 5.76. The molecule has 14 heavy (non-hydrogen) atoms. The van der Waals surface area contributed by atoms with Crippen molar-refractivity contribution in [3.63, 3.8) is 0 Å². The van der Waals surface area contributed by atoms with E-state index in [1.165, 1.54) is 19.3 Å². The number of nitrogens with two attached hydrogens (primary N) is 4. The van der Waals surface area contributed by atoms with Crippen LogP contribution < -0.4 is 22.9 Å². The minimum absolute atomic E-state index is 0. The van der Waals surface area contributed by atoms with E-state index in [9.17, 15) is 0 Å². The first-order valence-corrected chi connectivity index (χ1v) is 5.01. The van der Waals surface area contributed by atoms with Gasteiger partial charge >= 0.3 is 0 Å². The van der Waals surface area contributed by atoms with Crippen LogP contribution in [0.25, 0.3) is 0 Å². The summed E-state index contributed by atoms with van der Waals surface area (Å²) in [4.78, 5) is 0. The molecule has 0 bridgehead atoms. The van der Waals surface area contributed by atoms with Crippen molar-refractivity contribution in [1.29, 1.82) is 0 Å². The van der Waals surface area contributed by atoms with Gasteiger partial charge in [-0.3, -0.25) is 0 Å². The Bertz CT molecular complexity index is 120. The van der Waals surface area contributed by atoms with Gasteiger partial charge in [-0.15, -0.1) is 0 Å². The fourth-order valence-corrected chi connectivity index (χ4v) is 1.21. The smallest absolute Gasteiger partial charge is 0.0636 e. The van der Waals surface area contributed by atoms with Gasteiger partial charge in [0.2, 0.25) is 0 Å². The molecule has 5 heteroatoms. The van der Waals surface area contributed by atoms with Gasteiger partial charge in [-0.2, -0.15) is 0 Å². The quantitative estimate of drug-likeness (QED) is 0.372. The van der Waals surface area contributed by atoms with E-state index in [4.69, 9.17) is 22.9 Å². The summed E-state index contributed by atoms with van der Waals surface area (Å²) in [5.41, 5.74) is 21.2. The largest absolute Gasteiger partial charge is 0.329 e. The van der Waals surface area contributed by atoms with Gasteiger partial charge in [-0.05, 0) is 19.8 Å². The van der Waals surface area contributed by atoms with Crippen molar-refractivity contribution in [2.45, 2.75) is 50.7 Å². The van der Waals surface area contributed by atoms with Gasteiger partial charge in [0.05, 0.1) is 5.66 Å². The van der Waals surface area contributed by atoms with Gasteiger partial charge < -0.3 is 22.9 Å². The van der Waals surface area contributed by atoms with Gasteiger partial charge in [-0.25, -0.2) is 0 Å². The average Bonchev–Trinajstić information content (AvgIpc) is 2.05. The first-order valence-electron chi connectivity index (χ1n) is 5.01.